The van der Waals surface area contributed by atoms with Crippen molar-refractivity contribution < 1.29 is 9.53 Å². The first-order chi connectivity index (χ1) is 11.7. The van der Waals surface area contributed by atoms with Crippen molar-refractivity contribution in [3.8, 4) is 5.75 Å². The summed E-state index contributed by atoms with van der Waals surface area (Å²) < 4.78 is 6.58. The van der Waals surface area contributed by atoms with Crippen LogP contribution in [0.3, 0.4) is 0 Å². The fourth-order valence-electron chi connectivity index (χ4n) is 6.60. The van der Waals surface area contributed by atoms with Crippen molar-refractivity contribution in [1.82, 2.24) is 4.90 Å². The monoisotopic (exact) mass is 339 g/mol. The molecule has 0 unspecified atom stereocenters. The molecule has 4 aliphatic rings. The highest BCUT2D eigenvalue weighted by atomic mass is 16.5. The van der Waals surface area contributed by atoms with Gasteiger partial charge in [-0.1, -0.05) is 39.8 Å². The van der Waals surface area contributed by atoms with E-state index in [0.29, 0.717) is 18.2 Å². The fourth-order valence-corrected chi connectivity index (χ4v) is 6.60. The number of Topliss-reactive ketones (excluding diaryl/α,β-unsaturated/α-hetero) is 1. The van der Waals surface area contributed by atoms with Crippen LogP contribution in [0.1, 0.15) is 63.6 Å². The van der Waals surface area contributed by atoms with Crippen molar-refractivity contribution >= 4 is 5.78 Å². The zero-order chi connectivity index (χ0) is 17.8. The molecule has 25 heavy (non-hydrogen) atoms. The van der Waals surface area contributed by atoms with E-state index in [2.05, 4.69) is 51.8 Å². The molecule has 4 atom stereocenters. The number of ketones is 1. The van der Waals surface area contributed by atoms with E-state index in [9.17, 15) is 4.79 Å². The van der Waals surface area contributed by atoms with E-state index in [4.69, 9.17) is 4.74 Å². The molecule has 0 N–H and O–H groups in total. The minimum absolute atomic E-state index is 0.0241. The standard InChI is InChI=1S/C22H29NO2/c1-20(2,3)14-7-6-13-12-16-21(4)9-8-15(24)19-22(21,10-11-23(16)5)17(13)18(14)25-19/h6-7,16,19H,8-12H2,1-5H3/t16-,19+,21+,22+/m1/s1. The van der Waals surface area contributed by atoms with E-state index in [-0.39, 0.29) is 22.3 Å². The van der Waals surface area contributed by atoms with Crippen LogP contribution in [0.2, 0.25) is 0 Å². The average molecular weight is 339 g/mol. The lowest BCUT2D eigenvalue weighted by atomic mass is 9.44. The largest absolute Gasteiger partial charge is 0.481 e. The first-order valence-corrected chi connectivity index (χ1v) is 9.76. The van der Waals surface area contributed by atoms with Gasteiger partial charge < -0.3 is 9.64 Å². The maximum Gasteiger partial charge on any atom is 0.174 e. The smallest absolute Gasteiger partial charge is 0.174 e. The summed E-state index contributed by atoms with van der Waals surface area (Å²) in [5, 5.41) is 0. The van der Waals surface area contributed by atoms with Gasteiger partial charge in [-0.05, 0) is 54.8 Å². The molecule has 5 rings (SSSR count). The van der Waals surface area contributed by atoms with Crippen LogP contribution in [-0.2, 0) is 22.0 Å². The lowest BCUT2D eigenvalue weighted by Crippen LogP contribution is -2.70. The van der Waals surface area contributed by atoms with Gasteiger partial charge in [0.1, 0.15) is 5.75 Å². The maximum absolute atomic E-state index is 13.0. The molecular weight excluding hydrogens is 310 g/mol. The topological polar surface area (TPSA) is 29.5 Å². The Labute approximate surface area is 150 Å². The van der Waals surface area contributed by atoms with Crippen LogP contribution in [0, 0.1) is 5.41 Å². The molecule has 1 aromatic carbocycles. The molecule has 0 aromatic heterocycles. The van der Waals surface area contributed by atoms with Gasteiger partial charge in [-0.15, -0.1) is 0 Å². The molecule has 3 heteroatoms. The normalized spacial score (nSPS) is 39.2. The number of likely N-dealkylation sites (N-methyl/N-ethyl adjacent to an activating group) is 1. The van der Waals surface area contributed by atoms with Crippen LogP contribution in [0.4, 0.5) is 0 Å². The van der Waals surface area contributed by atoms with Crippen molar-refractivity contribution in [1.29, 1.82) is 0 Å². The Morgan fingerprint density at radius 3 is 2.72 bits per heavy atom. The van der Waals surface area contributed by atoms with Crippen molar-refractivity contribution in [3.05, 3.63) is 28.8 Å². The van der Waals surface area contributed by atoms with Crippen LogP contribution in [0.5, 0.6) is 5.75 Å². The molecule has 134 valence electrons. The Morgan fingerprint density at radius 2 is 2.00 bits per heavy atom. The summed E-state index contributed by atoms with van der Waals surface area (Å²) in [6.45, 7) is 10.2. The number of ether oxygens (including phenoxy) is 1. The predicted molar refractivity (Wildman–Crippen MR) is 98.3 cm³/mol. The molecule has 2 fully saturated rings. The summed E-state index contributed by atoms with van der Waals surface area (Å²) in [5.74, 6) is 1.38. The lowest BCUT2D eigenvalue weighted by molar-refractivity contribution is -0.150. The Kier molecular flexibility index (Phi) is 2.85. The SMILES string of the molecule is CN1CC[C@]23c4c5ccc(C(C)(C)C)c4O[C@H]2C(=O)CC[C@@]3(C)[C@H]1C5. The van der Waals surface area contributed by atoms with Gasteiger partial charge in [0.05, 0.1) is 5.41 Å². The first-order valence-electron chi connectivity index (χ1n) is 9.76. The first kappa shape index (κ1) is 15.9. The number of carbonyl (C=O) groups is 1. The third-order valence-corrected chi connectivity index (χ3v) is 7.92. The number of carbonyl (C=O) groups excluding carboxylic acids is 1. The van der Waals surface area contributed by atoms with Gasteiger partial charge in [0.2, 0.25) is 0 Å². The van der Waals surface area contributed by atoms with Crippen LogP contribution < -0.4 is 4.74 Å². The molecule has 1 saturated carbocycles. The summed E-state index contributed by atoms with van der Waals surface area (Å²) in [4.78, 5) is 15.5. The number of hydrogen-bond acceptors (Lipinski definition) is 3. The Morgan fingerprint density at radius 1 is 1.24 bits per heavy atom. The molecule has 2 heterocycles. The highest BCUT2D eigenvalue weighted by molar-refractivity contribution is 5.89. The molecule has 3 nitrogen and oxygen atoms in total. The maximum atomic E-state index is 13.0. The second kappa shape index (κ2) is 4.49. The molecular formula is C22H29NO2. The molecule has 1 aromatic rings. The van der Waals surface area contributed by atoms with E-state index in [1.54, 1.807) is 0 Å². The number of rotatable bonds is 0. The van der Waals surface area contributed by atoms with Crippen molar-refractivity contribution in [3.63, 3.8) is 0 Å². The van der Waals surface area contributed by atoms with E-state index in [0.717, 1.165) is 31.6 Å². The third kappa shape index (κ3) is 1.64. The number of benzene rings is 1. The second-order valence-electron chi connectivity index (χ2n) is 10.0. The third-order valence-electron chi connectivity index (χ3n) is 7.92. The van der Waals surface area contributed by atoms with Gasteiger partial charge in [-0.3, -0.25) is 4.79 Å². The van der Waals surface area contributed by atoms with Gasteiger partial charge >= 0.3 is 0 Å². The summed E-state index contributed by atoms with van der Waals surface area (Å²) in [6, 6.07) is 5.10. The Bertz CT molecular complexity index is 792. The molecule has 1 spiro atoms. The van der Waals surface area contributed by atoms with Crippen LogP contribution in [-0.4, -0.2) is 36.4 Å². The fraction of sp³-hybridized carbons (Fsp3) is 0.682. The molecule has 2 aliphatic carbocycles. The Balaban J connectivity index is 1.85. The molecule has 0 radical (unpaired) electrons. The lowest BCUT2D eigenvalue weighted by Gasteiger charge is -2.63. The van der Waals surface area contributed by atoms with Crippen molar-refractivity contribution in [2.75, 3.05) is 13.6 Å². The van der Waals surface area contributed by atoms with Crippen molar-refractivity contribution in [2.45, 2.75) is 76.4 Å². The van der Waals surface area contributed by atoms with Gasteiger partial charge in [-0.2, -0.15) is 0 Å². The summed E-state index contributed by atoms with van der Waals surface area (Å²) in [7, 11) is 2.26. The minimum atomic E-state index is -0.264. The van der Waals surface area contributed by atoms with E-state index < -0.39 is 0 Å². The summed E-state index contributed by atoms with van der Waals surface area (Å²) in [5.41, 5.74) is 4.15. The predicted octanol–water partition coefficient (Wildman–Crippen LogP) is 3.61. The second-order valence-corrected chi connectivity index (χ2v) is 10.0. The Hall–Kier alpha value is -1.35. The van der Waals surface area contributed by atoms with Gasteiger partial charge in [0.15, 0.2) is 11.9 Å². The van der Waals surface area contributed by atoms with Crippen LogP contribution in [0.15, 0.2) is 12.1 Å². The quantitative estimate of drug-likeness (QED) is 0.723. The van der Waals surface area contributed by atoms with E-state index in [1.807, 2.05) is 0 Å². The number of hydrogen-bond donors (Lipinski definition) is 0. The highest BCUT2D eigenvalue weighted by Gasteiger charge is 2.70. The van der Waals surface area contributed by atoms with Gasteiger partial charge in [-0.25, -0.2) is 0 Å². The van der Waals surface area contributed by atoms with Crippen LogP contribution in [0.25, 0.3) is 0 Å². The summed E-state index contributed by atoms with van der Waals surface area (Å²) >= 11 is 0. The van der Waals surface area contributed by atoms with Gasteiger partial charge in [0.25, 0.3) is 0 Å². The highest BCUT2D eigenvalue weighted by Crippen LogP contribution is 2.67. The number of likely N-dealkylation sites (tertiary alicyclic amines) is 1. The zero-order valence-corrected chi connectivity index (χ0v) is 16.1. The number of nitrogens with zero attached hydrogens (tertiary/aromatic N) is 1. The minimum Gasteiger partial charge on any atom is -0.481 e. The number of piperidine rings is 1. The van der Waals surface area contributed by atoms with Crippen molar-refractivity contribution in [2.24, 2.45) is 5.41 Å². The van der Waals surface area contributed by atoms with E-state index >= 15 is 0 Å². The van der Waals surface area contributed by atoms with Gasteiger partial charge in [0, 0.05) is 18.0 Å². The molecule has 2 bridgehead atoms. The molecule has 1 saturated heterocycles. The summed E-state index contributed by atoms with van der Waals surface area (Å²) in [6.07, 6.45) is 3.53. The van der Waals surface area contributed by atoms with E-state index in [1.165, 1.54) is 16.7 Å². The van der Waals surface area contributed by atoms with Crippen LogP contribution >= 0.6 is 0 Å². The molecule has 2 aliphatic heterocycles. The zero-order valence-electron chi connectivity index (χ0n) is 16.1. The molecule has 0 amide bonds. The average Bonchev–Trinajstić information content (AvgIpc) is 2.88.